The number of hydrogen-bond acceptors (Lipinski definition) is 3. The van der Waals surface area contributed by atoms with Gasteiger partial charge in [-0.25, -0.2) is 8.42 Å². The number of para-hydroxylation sites is 1. The topological polar surface area (TPSA) is 70.2 Å². The fourth-order valence-electron chi connectivity index (χ4n) is 2.12. The second kappa shape index (κ2) is 8.03. The van der Waals surface area contributed by atoms with Crippen molar-refractivity contribution in [2.75, 3.05) is 10.0 Å². The van der Waals surface area contributed by atoms with Crippen molar-refractivity contribution >= 4 is 50.3 Å². The van der Waals surface area contributed by atoms with Crippen LogP contribution in [0.4, 0.5) is 11.4 Å². The first-order chi connectivity index (χ1) is 11.7. The van der Waals surface area contributed by atoms with E-state index in [0.29, 0.717) is 21.5 Å². The maximum absolute atomic E-state index is 12.9. The normalized spacial score (nSPS) is 11.2. The summed E-state index contributed by atoms with van der Waals surface area (Å²) in [6, 6.07) is 11.9. The molecular weight excluding hydrogens is 378 g/mol. The van der Waals surface area contributed by atoms with Gasteiger partial charge in [0, 0.05) is 6.04 Å². The number of benzene rings is 2. The molecule has 2 rings (SSSR count). The van der Waals surface area contributed by atoms with Gasteiger partial charge in [0.05, 0.1) is 16.4 Å². The Morgan fingerprint density at radius 2 is 1.80 bits per heavy atom. The highest BCUT2D eigenvalue weighted by molar-refractivity contribution is 7.93. The molecule has 0 unspecified atom stereocenters. The largest absolute Gasteiger partial charge is 0.360 e. The Balaban J connectivity index is 2.38. The maximum atomic E-state index is 12.9. The number of halogens is 1. The van der Waals surface area contributed by atoms with E-state index in [0.717, 1.165) is 5.56 Å². The van der Waals surface area contributed by atoms with Gasteiger partial charge in [-0.05, 0) is 62.8 Å². The Morgan fingerprint density at radius 1 is 1.12 bits per heavy atom. The summed E-state index contributed by atoms with van der Waals surface area (Å²) < 4.78 is 28.2. The van der Waals surface area contributed by atoms with Crippen molar-refractivity contribution in [3.05, 3.63) is 53.1 Å². The monoisotopic (exact) mass is 397 g/mol. The lowest BCUT2D eigenvalue weighted by Crippen LogP contribution is -2.34. The predicted molar refractivity (Wildman–Crippen MR) is 108 cm³/mol. The number of rotatable bonds is 5. The van der Waals surface area contributed by atoms with Crippen LogP contribution in [-0.4, -0.2) is 19.6 Å². The summed E-state index contributed by atoms with van der Waals surface area (Å²) in [5.41, 5.74) is 1.52. The molecule has 0 bridgehead atoms. The fraction of sp³-hybridized carbons (Fsp3) is 0.235. The van der Waals surface area contributed by atoms with E-state index in [9.17, 15) is 8.42 Å². The average molecular weight is 398 g/mol. The molecule has 8 heteroatoms. The molecule has 2 aromatic rings. The van der Waals surface area contributed by atoms with Gasteiger partial charge in [-0.15, -0.1) is 0 Å². The predicted octanol–water partition coefficient (Wildman–Crippen LogP) is 4.14. The minimum atomic E-state index is -3.85. The summed E-state index contributed by atoms with van der Waals surface area (Å²) in [7, 11) is -3.85. The summed E-state index contributed by atoms with van der Waals surface area (Å²) >= 11 is 11.3. The quantitative estimate of drug-likeness (QED) is 0.661. The average Bonchev–Trinajstić information content (AvgIpc) is 2.50. The molecule has 0 radical (unpaired) electrons. The molecule has 0 aliphatic rings. The van der Waals surface area contributed by atoms with Crippen molar-refractivity contribution < 1.29 is 8.42 Å². The molecule has 0 aliphatic heterocycles. The molecule has 0 saturated heterocycles. The Kier molecular flexibility index (Phi) is 6.26. The molecule has 0 atom stereocenters. The molecular formula is C17H20ClN3O2S2. The minimum Gasteiger partial charge on any atom is -0.360 e. The summed E-state index contributed by atoms with van der Waals surface area (Å²) in [5.74, 6) is 0. The van der Waals surface area contributed by atoms with Gasteiger partial charge in [-0.2, -0.15) is 0 Å². The number of anilines is 2. The van der Waals surface area contributed by atoms with E-state index in [1.54, 1.807) is 36.4 Å². The van der Waals surface area contributed by atoms with Gasteiger partial charge in [-0.3, -0.25) is 4.72 Å². The lowest BCUT2D eigenvalue weighted by molar-refractivity contribution is 0.601. The number of thiocarbonyl (C=S) groups is 1. The number of nitrogens with one attached hydrogen (secondary N) is 3. The van der Waals surface area contributed by atoms with E-state index in [2.05, 4.69) is 15.4 Å². The van der Waals surface area contributed by atoms with Crippen LogP contribution in [0.1, 0.15) is 19.4 Å². The number of sulfonamides is 1. The zero-order chi connectivity index (χ0) is 18.6. The van der Waals surface area contributed by atoms with E-state index in [-0.39, 0.29) is 10.9 Å². The molecule has 0 spiro atoms. The second-order valence-electron chi connectivity index (χ2n) is 5.84. The summed E-state index contributed by atoms with van der Waals surface area (Å²) in [6.07, 6.45) is 0. The Morgan fingerprint density at radius 3 is 2.44 bits per heavy atom. The second-order valence-corrected chi connectivity index (χ2v) is 8.30. The molecule has 0 saturated carbocycles. The van der Waals surface area contributed by atoms with Crippen molar-refractivity contribution in [2.24, 2.45) is 0 Å². The van der Waals surface area contributed by atoms with Crippen molar-refractivity contribution in [3.8, 4) is 0 Å². The van der Waals surface area contributed by atoms with Gasteiger partial charge in [-0.1, -0.05) is 29.8 Å². The zero-order valence-electron chi connectivity index (χ0n) is 14.1. The van der Waals surface area contributed by atoms with Gasteiger partial charge >= 0.3 is 0 Å². The van der Waals surface area contributed by atoms with Crippen LogP contribution in [0.15, 0.2) is 47.4 Å². The van der Waals surface area contributed by atoms with Crippen LogP contribution < -0.4 is 15.4 Å². The molecule has 0 fully saturated rings. The highest BCUT2D eigenvalue weighted by Gasteiger charge is 2.20. The fourth-order valence-corrected chi connectivity index (χ4v) is 4.03. The standard InChI is InChI=1S/C17H20ClN3O2S2/c1-11(2)19-17(24)20-15-9-8-12(3)10-16(15)25(22,23)21-14-7-5-4-6-13(14)18/h4-11,21H,1-3H3,(H2,19,20,24). The van der Waals surface area contributed by atoms with Crippen molar-refractivity contribution in [1.29, 1.82) is 0 Å². The first-order valence-electron chi connectivity index (χ1n) is 7.64. The van der Waals surface area contributed by atoms with E-state index in [4.69, 9.17) is 23.8 Å². The molecule has 25 heavy (non-hydrogen) atoms. The lowest BCUT2D eigenvalue weighted by Gasteiger charge is -2.17. The molecule has 0 aromatic heterocycles. The summed E-state index contributed by atoms with van der Waals surface area (Å²) in [4.78, 5) is 0.0975. The highest BCUT2D eigenvalue weighted by Crippen LogP contribution is 2.28. The highest BCUT2D eigenvalue weighted by atomic mass is 35.5. The SMILES string of the molecule is Cc1ccc(NC(=S)NC(C)C)c(S(=O)(=O)Nc2ccccc2Cl)c1. The summed E-state index contributed by atoms with van der Waals surface area (Å²) in [6.45, 7) is 5.71. The van der Waals surface area contributed by atoms with Crippen LogP contribution in [0.3, 0.4) is 0 Å². The van der Waals surface area contributed by atoms with E-state index >= 15 is 0 Å². The van der Waals surface area contributed by atoms with Crippen LogP contribution in [0.2, 0.25) is 5.02 Å². The smallest absolute Gasteiger partial charge is 0.264 e. The molecule has 0 heterocycles. The molecule has 0 amide bonds. The third kappa shape index (κ3) is 5.32. The Hall–Kier alpha value is -1.83. The van der Waals surface area contributed by atoms with Gasteiger partial charge in [0.25, 0.3) is 10.0 Å². The number of hydrogen-bond donors (Lipinski definition) is 3. The van der Waals surface area contributed by atoms with Crippen LogP contribution in [0, 0.1) is 6.92 Å². The molecule has 5 nitrogen and oxygen atoms in total. The molecule has 3 N–H and O–H groups in total. The van der Waals surface area contributed by atoms with Crippen LogP contribution in [0.25, 0.3) is 0 Å². The van der Waals surface area contributed by atoms with E-state index in [1.807, 2.05) is 26.8 Å². The van der Waals surface area contributed by atoms with Gasteiger partial charge < -0.3 is 10.6 Å². The molecule has 0 aliphatic carbocycles. The lowest BCUT2D eigenvalue weighted by atomic mass is 10.2. The van der Waals surface area contributed by atoms with E-state index < -0.39 is 10.0 Å². The van der Waals surface area contributed by atoms with Crippen LogP contribution in [0.5, 0.6) is 0 Å². The first-order valence-corrected chi connectivity index (χ1v) is 9.91. The van der Waals surface area contributed by atoms with Crippen LogP contribution in [-0.2, 0) is 10.0 Å². The third-order valence-corrected chi connectivity index (χ3v) is 5.17. The third-order valence-electron chi connectivity index (χ3n) is 3.21. The van der Waals surface area contributed by atoms with Gasteiger partial charge in [0.2, 0.25) is 0 Å². The Labute approximate surface area is 158 Å². The summed E-state index contributed by atoms with van der Waals surface area (Å²) in [5, 5.41) is 6.65. The first kappa shape index (κ1) is 19.5. The van der Waals surface area contributed by atoms with E-state index in [1.165, 1.54) is 0 Å². The zero-order valence-corrected chi connectivity index (χ0v) is 16.5. The minimum absolute atomic E-state index is 0.0975. The van der Waals surface area contributed by atoms with Gasteiger partial charge in [0.1, 0.15) is 4.90 Å². The van der Waals surface area contributed by atoms with Crippen molar-refractivity contribution in [3.63, 3.8) is 0 Å². The molecule has 134 valence electrons. The van der Waals surface area contributed by atoms with Gasteiger partial charge in [0.15, 0.2) is 5.11 Å². The number of aryl methyl sites for hydroxylation is 1. The van der Waals surface area contributed by atoms with Crippen molar-refractivity contribution in [1.82, 2.24) is 5.32 Å². The molecule has 2 aromatic carbocycles. The Bertz CT molecular complexity index is 883. The van der Waals surface area contributed by atoms with Crippen molar-refractivity contribution in [2.45, 2.75) is 31.7 Å². The van der Waals surface area contributed by atoms with Crippen LogP contribution >= 0.6 is 23.8 Å². The maximum Gasteiger partial charge on any atom is 0.264 e.